The summed E-state index contributed by atoms with van der Waals surface area (Å²) < 4.78 is 1.82. The van der Waals surface area contributed by atoms with E-state index >= 15 is 0 Å². The monoisotopic (exact) mass is 186 g/mol. The van der Waals surface area contributed by atoms with Crippen molar-refractivity contribution in [1.29, 1.82) is 0 Å². The molecule has 0 saturated heterocycles. The molecule has 0 atom stereocenters. The average Bonchev–Trinajstić information content (AvgIpc) is 2.05. The van der Waals surface area contributed by atoms with Gasteiger partial charge in [-0.2, -0.15) is 5.10 Å². The lowest BCUT2D eigenvalue weighted by atomic mass is 9.87. The maximum Gasteiger partial charge on any atom is 0.155 e. The zero-order valence-electron chi connectivity index (χ0n) is 8.27. The first-order chi connectivity index (χ1) is 5.34. The fourth-order valence-corrected chi connectivity index (χ4v) is 1.95. The SMILES string of the molecule is Cc1c(C(C)(C)C)c(Cl)nn1C. The first-order valence-electron chi connectivity index (χ1n) is 4.03. The van der Waals surface area contributed by atoms with E-state index < -0.39 is 0 Å². The van der Waals surface area contributed by atoms with Crippen LogP contribution in [0.2, 0.25) is 5.15 Å². The van der Waals surface area contributed by atoms with Gasteiger partial charge in [-0.25, -0.2) is 0 Å². The zero-order chi connectivity index (χ0) is 9.52. The van der Waals surface area contributed by atoms with Crippen LogP contribution < -0.4 is 0 Å². The molecule has 0 bridgehead atoms. The van der Waals surface area contributed by atoms with Crippen molar-refractivity contribution in [2.45, 2.75) is 33.1 Å². The Hall–Kier alpha value is -0.500. The number of aryl methyl sites for hydroxylation is 1. The zero-order valence-corrected chi connectivity index (χ0v) is 9.03. The van der Waals surface area contributed by atoms with Gasteiger partial charge in [-0.1, -0.05) is 32.4 Å². The first-order valence-corrected chi connectivity index (χ1v) is 4.41. The van der Waals surface area contributed by atoms with Gasteiger partial charge in [-0.15, -0.1) is 0 Å². The Kier molecular flexibility index (Phi) is 2.21. The molecule has 0 fully saturated rings. The highest BCUT2D eigenvalue weighted by molar-refractivity contribution is 6.30. The van der Waals surface area contributed by atoms with E-state index in [1.165, 1.54) is 0 Å². The molecular weight excluding hydrogens is 172 g/mol. The number of nitrogens with zero attached hydrogens (tertiary/aromatic N) is 2. The first kappa shape index (κ1) is 9.59. The smallest absolute Gasteiger partial charge is 0.155 e. The van der Waals surface area contributed by atoms with Crippen LogP contribution >= 0.6 is 11.6 Å². The Balaban J connectivity index is 3.32. The molecule has 0 aliphatic heterocycles. The Morgan fingerprint density at radius 3 is 2.00 bits per heavy atom. The van der Waals surface area contributed by atoms with Gasteiger partial charge in [-0.05, 0) is 12.3 Å². The number of hydrogen-bond acceptors (Lipinski definition) is 1. The summed E-state index contributed by atoms with van der Waals surface area (Å²) in [7, 11) is 1.91. The molecule has 0 amide bonds. The lowest BCUT2D eigenvalue weighted by Gasteiger charge is -2.18. The van der Waals surface area contributed by atoms with E-state index in [0.717, 1.165) is 11.3 Å². The summed E-state index contributed by atoms with van der Waals surface area (Å²) in [5.74, 6) is 0. The summed E-state index contributed by atoms with van der Waals surface area (Å²) in [6.45, 7) is 8.47. The largest absolute Gasteiger partial charge is 0.271 e. The normalized spacial score (nSPS) is 12.2. The van der Waals surface area contributed by atoms with E-state index in [2.05, 4.69) is 25.9 Å². The van der Waals surface area contributed by atoms with Gasteiger partial charge >= 0.3 is 0 Å². The lowest BCUT2D eigenvalue weighted by molar-refractivity contribution is 0.583. The molecule has 0 N–H and O–H groups in total. The summed E-state index contributed by atoms with van der Waals surface area (Å²) in [6.07, 6.45) is 0. The summed E-state index contributed by atoms with van der Waals surface area (Å²) in [5.41, 5.74) is 2.37. The Labute approximate surface area is 78.5 Å². The van der Waals surface area contributed by atoms with E-state index in [4.69, 9.17) is 11.6 Å². The molecule has 1 rings (SSSR count). The van der Waals surface area contributed by atoms with Crippen LogP contribution in [-0.4, -0.2) is 9.78 Å². The molecule has 0 aromatic carbocycles. The maximum absolute atomic E-state index is 6.00. The second kappa shape index (κ2) is 2.77. The average molecular weight is 187 g/mol. The number of rotatable bonds is 0. The maximum atomic E-state index is 6.00. The summed E-state index contributed by atoms with van der Waals surface area (Å²) in [4.78, 5) is 0. The fourth-order valence-electron chi connectivity index (χ4n) is 1.42. The van der Waals surface area contributed by atoms with Crippen molar-refractivity contribution in [3.63, 3.8) is 0 Å². The summed E-state index contributed by atoms with van der Waals surface area (Å²) in [6, 6.07) is 0. The van der Waals surface area contributed by atoms with Gasteiger partial charge < -0.3 is 0 Å². The van der Waals surface area contributed by atoms with Gasteiger partial charge in [0.15, 0.2) is 5.15 Å². The van der Waals surface area contributed by atoms with Gasteiger partial charge in [-0.3, -0.25) is 4.68 Å². The van der Waals surface area contributed by atoms with Crippen molar-refractivity contribution in [1.82, 2.24) is 9.78 Å². The van der Waals surface area contributed by atoms with E-state index in [0.29, 0.717) is 5.15 Å². The van der Waals surface area contributed by atoms with Crippen LogP contribution in [-0.2, 0) is 12.5 Å². The van der Waals surface area contributed by atoms with Gasteiger partial charge in [0.25, 0.3) is 0 Å². The highest BCUT2D eigenvalue weighted by Crippen LogP contribution is 2.31. The molecule has 1 aromatic heterocycles. The third-order valence-electron chi connectivity index (χ3n) is 2.04. The third kappa shape index (κ3) is 1.48. The standard InChI is InChI=1S/C9H15ClN2/c1-6-7(9(2,3)4)8(10)11-12(6)5/h1-5H3. The van der Waals surface area contributed by atoms with Crippen LogP contribution in [0.1, 0.15) is 32.0 Å². The number of aromatic nitrogens is 2. The second-order valence-corrected chi connectivity index (χ2v) is 4.48. The highest BCUT2D eigenvalue weighted by Gasteiger charge is 2.23. The predicted octanol–water partition coefficient (Wildman–Crippen LogP) is 2.68. The molecule has 0 aliphatic rings. The Morgan fingerprint density at radius 2 is 1.83 bits per heavy atom. The molecule has 3 heteroatoms. The van der Waals surface area contributed by atoms with Crippen LogP contribution in [0.5, 0.6) is 0 Å². The van der Waals surface area contributed by atoms with Crippen LogP contribution in [0.4, 0.5) is 0 Å². The minimum Gasteiger partial charge on any atom is -0.271 e. The predicted molar refractivity (Wildman–Crippen MR) is 51.7 cm³/mol. The summed E-state index contributed by atoms with van der Waals surface area (Å²) >= 11 is 6.00. The van der Waals surface area contributed by atoms with Crippen LogP contribution in [0, 0.1) is 6.92 Å². The second-order valence-electron chi connectivity index (χ2n) is 4.12. The highest BCUT2D eigenvalue weighted by atomic mass is 35.5. The Bertz CT molecular complexity index is 294. The molecule has 1 heterocycles. The molecule has 68 valence electrons. The van der Waals surface area contributed by atoms with Gasteiger partial charge in [0.2, 0.25) is 0 Å². The van der Waals surface area contributed by atoms with Crippen molar-refractivity contribution >= 4 is 11.6 Å². The van der Waals surface area contributed by atoms with E-state index in [1.807, 2.05) is 18.7 Å². The number of halogens is 1. The number of hydrogen-bond donors (Lipinski definition) is 0. The van der Waals surface area contributed by atoms with E-state index in [1.54, 1.807) is 0 Å². The van der Waals surface area contributed by atoms with Gasteiger partial charge in [0.1, 0.15) is 0 Å². The van der Waals surface area contributed by atoms with Crippen LogP contribution in [0.25, 0.3) is 0 Å². The minimum absolute atomic E-state index is 0.0788. The van der Waals surface area contributed by atoms with Crippen molar-refractivity contribution < 1.29 is 0 Å². The lowest BCUT2D eigenvalue weighted by Crippen LogP contribution is -2.12. The van der Waals surface area contributed by atoms with Crippen molar-refractivity contribution in [2.24, 2.45) is 7.05 Å². The van der Waals surface area contributed by atoms with Crippen LogP contribution in [0.15, 0.2) is 0 Å². The molecule has 0 radical (unpaired) electrons. The van der Waals surface area contributed by atoms with E-state index in [-0.39, 0.29) is 5.41 Å². The van der Waals surface area contributed by atoms with Crippen molar-refractivity contribution in [3.8, 4) is 0 Å². The molecule has 0 saturated carbocycles. The van der Waals surface area contributed by atoms with Crippen molar-refractivity contribution in [2.75, 3.05) is 0 Å². The molecule has 0 spiro atoms. The molecule has 1 aromatic rings. The topological polar surface area (TPSA) is 17.8 Å². The Morgan fingerprint density at radius 1 is 1.33 bits per heavy atom. The third-order valence-corrected chi connectivity index (χ3v) is 2.31. The molecule has 0 aliphatic carbocycles. The van der Waals surface area contributed by atoms with Crippen LogP contribution in [0.3, 0.4) is 0 Å². The fraction of sp³-hybridized carbons (Fsp3) is 0.667. The summed E-state index contributed by atoms with van der Waals surface area (Å²) in [5, 5.41) is 4.79. The molecule has 2 nitrogen and oxygen atoms in total. The molecule has 12 heavy (non-hydrogen) atoms. The molecule has 0 unspecified atom stereocenters. The van der Waals surface area contributed by atoms with E-state index in [9.17, 15) is 0 Å². The molecular formula is C9H15ClN2. The minimum atomic E-state index is 0.0788. The van der Waals surface area contributed by atoms with Gasteiger partial charge in [0, 0.05) is 18.3 Å². The van der Waals surface area contributed by atoms with Gasteiger partial charge in [0.05, 0.1) is 0 Å². The quantitative estimate of drug-likeness (QED) is 0.609. The van der Waals surface area contributed by atoms with Crippen molar-refractivity contribution in [3.05, 3.63) is 16.4 Å².